The van der Waals surface area contributed by atoms with E-state index >= 15 is 0 Å². The third kappa shape index (κ3) is 3.19. The molecule has 1 saturated carbocycles. The van der Waals surface area contributed by atoms with E-state index in [9.17, 15) is 0 Å². The Hall–Kier alpha value is -5.54. The van der Waals surface area contributed by atoms with E-state index in [0.29, 0.717) is 11.8 Å². The number of hydrogen-bond acceptors (Lipinski definition) is 2. The van der Waals surface area contributed by atoms with Gasteiger partial charge < -0.3 is 4.57 Å². The van der Waals surface area contributed by atoms with Gasteiger partial charge in [0.2, 0.25) is 0 Å². The molecule has 5 aliphatic rings. The second-order valence-corrected chi connectivity index (χ2v) is 14.2. The Morgan fingerprint density at radius 2 is 1.56 bits per heavy atom. The lowest BCUT2D eigenvalue weighted by Gasteiger charge is -2.20. The first-order valence-corrected chi connectivity index (χ1v) is 17.5. The molecule has 5 aliphatic carbocycles. The average molecular weight is 614 g/mol. The van der Waals surface area contributed by atoms with Crippen LogP contribution in [-0.2, 0) is 6.42 Å². The zero-order chi connectivity index (χ0) is 31.1. The summed E-state index contributed by atoms with van der Waals surface area (Å²) in [5, 5.41) is 5.39. The number of rotatable bonds is 2. The summed E-state index contributed by atoms with van der Waals surface area (Å²) in [6, 6.07) is 34.2. The lowest BCUT2D eigenvalue weighted by atomic mass is 9.84. The standard InChI is InChI=1S/C45H31N3/c1-2-12-31-29(11-1)30-16-8-17-35-38(30)39(31)40-32-13-3-4-14-33(32)44-42(41(35)40)34-15-5-6-18-37(34)48(44)28-21-19-25(20-22-28)45-46-24-27-10-7-9-26-23-36(26)43(27)47-45/h1,3-6,8-9,11,13-22,24,36,39H,2,7,10,12,23H2. The quantitative estimate of drug-likeness (QED) is 0.182. The Morgan fingerprint density at radius 3 is 2.48 bits per heavy atom. The van der Waals surface area contributed by atoms with Crippen LogP contribution in [0.1, 0.15) is 65.5 Å². The van der Waals surface area contributed by atoms with E-state index in [1.165, 1.54) is 77.2 Å². The highest BCUT2D eigenvalue weighted by molar-refractivity contribution is 6.27. The molecule has 2 heterocycles. The van der Waals surface area contributed by atoms with Gasteiger partial charge in [0.1, 0.15) is 0 Å². The highest BCUT2D eigenvalue weighted by Gasteiger charge is 2.42. The maximum Gasteiger partial charge on any atom is 0.159 e. The van der Waals surface area contributed by atoms with Gasteiger partial charge in [-0.15, -0.1) is 0 Å². The molecule has 2 unspecified atom stereocenters. The van der Waals surface area contributed by atoms with Gasteiger partial charge in [-0.2, -0.15) is 0 Å². The fourth-order valence-corrected chi connectivity index (χ4v) is 9.76. The smallest absolute Gasteiger partial charge is 0.159 e. The van der Waals surface area contributed by atoms with Crippen LogP contribution >= 0.6 is 0 Å². The number of para-hydroxylation sites is 1. The van der Waals surface area contributed by atoms with Crippen molar-refractivity contribution in [3.8, 4) is 28.2 Å². The summed E-state index contributed by atoms with van der Waals surface area (Å²) in [5.41, 5.74) is 19.3. The molecule has 5 aromatic carbocycles. The van der Waals surface area contributed by atoms with Crippen molar-refractivity contribution in [3.63, 3.8) is 0 Å². The molecular formula is C45H31N3. The van der Waals surface area contributed by atoms with Gasteiger partial charge in [-0.1, -0.05) is 90.0 Å². The molecule has 0 saturated heterocycles. The van der Waals surface area contributed by atoms with Gasteiger partial charge in [0, 0.05) is 45.4 Å². The molecule has 0 N–H and O–H groups in total. The van der Waals surface area contributed by atoms with Crippen LogP contribution in [0.4, 0.5) is 0 Å². The first-order valence-electron chi connectivity index (χ1n) is 17.5. The summed E-state index contributed by atoms with van der Waals surface area (Å²) in [5.74, 6) is 1.68. The molecule has 3 nitrogen and oxygen atoms in total. The minimum atomic E-state index is 0.338. The van der Waals surface area contributed by atoms with E-state index in [-0.39, 0.29) is 0 Å². The van der Waals surface area contributed by atoms with Crippen LogP contribution in [0.25, 0.3) is 66.4 Å². The van der Waals surface area contributed by atoms with Crippen molar-refractivity contribution in [3.05, 3.63) is 155 Å². The van der Waals surface area contributed by atoms with Crippen molar-refractivity contribution >= 4 is 38.2 Å². The molecule has 12 rings (SSSR count). The Morgan fingerprint density at radius 1 is 0.729 bits per heavy atom. The lowest BCUT2D eigenvalue weighted by molar-refractivity contribution is 0.875. The van der Waals surface area contributed by atoms with E-state index in [1.54, 1.807) is 11.1 Å². The molecular weight excluding hydrogens is 583 g/mol. The maximum absolute atomic E-state index is 5.14. The predicted molar refractivity (Wildman–Crippen MR) is 196 cm³/mol. The zero-order valence-corrected chi connectivity index (χ0v) is 26.5. The van der Waals surface area contributed by atoms with Crippen molar-refractivity contribution in [2.75, 3.05) is 0 Å². The molecule has 1 fully saturated rings. The molecule has 0 spiro atoms. The predicted octanol–water partition coefficient (Wildman–Crippen LogP) is 11.0. The summed E-state index contributed by atoms with van der Waals surface area (Å²) < 4.78 is 2.51. The van der Waals surface area contributed by atoms with Crippen LogP contribution in [0.3, 0.4) is 0 Å². The van der Waals surface area contributed by atoms with Crippen LogP contribution in [0, 0.1) is 0 Å². The van der Waals surface area contributed by atoms with E-state index < -0.39 is 0 Å². The number of nitrogens with zero attached hydrogens (tertiary/aromatic N) is 3. The minimum Gasteiger partial charge on any atom is -0.309 e. The van der Waals surface area contributed by atoms with Crippen molar-refractivity contribution in [1.82, 2.24) is 14.5 Å². The molecule has 2 atom stereocenters. The number of allylic oxidation sites excluding steroid dienone is 6. The number of benzene rings is 5. The summed E-state index contributed by atoms with van der Waals surface area (Å²) >= 11 is 0. The summed E-state index contributed by atoms with van der Waals surface area (Å²) in [6.07, 6.45) is 14.8. The van der Waals surface area contributed by atoms with Crippen LogP contribution in [-0.4, -0.2) is 14.5 Å². The van der Waals surface area contributed by atoms with Gasteiger partial charge >= 0.3 is 0 Å². The molecule has 48 heavy (non-hydrogen) atoms. The van der Waals surface area contributed by atoms with Gasteiger partial charge in [-0.05, 0) is 107 Å². The normalized spacial score (nSPS) is 19.6. The third-order valence-electron chi connectivity index (χ3n) is 11.8. The molecule has 0 radical (unpaired) electrons. The number of hydrogen-bond donors (Lipinski definition) is 0. The molecule has 2 aromatic heterocycles. The summed E-state index contributed by atoms with van der Waals surface area (Å²) in [4.78, 5) is 9.99. The van der Waals surface area contributed by atoms with E-state index in [2.05, 4.69) is 120 Å². The molecule has 0 aliphatic heterocycles. The fraction of sp³-hybridized carbons (Fsp3) is 0.156. The topological polar surface area (TPSA) is 30.7 Å². The van der Waals surface area contributed by atoms with Crippen LogP contribution in [0.2, 0.25) is 0 Å². The summed E-state index contributed by atoms with van der Waals surface area (Å²) in [7, 11) is 0. The first-order chi connectivity index (χ1) is 23.8. The van der Waals surface area contributed by atoms with Crippen molar-refractivity contribution in [1.29, 1.82) is 0 Å². The Labute approximate surface area is 278 Å². The van der Waals surface area contributed by atoms with Gasteiger partial charge in [-0.25, -0.2) is 9.97 Å². The van der Waals surface area contributed by atoms with Crippen molar-refractivity contribution in [2.45, 2.75) is 43.9 Å². The van der Waals surface area contributed by atoms with Crippen molar-refractivity contribution in [2.24, 2.45) is 0 Å². The molecule has 0 amide bonds. The number of aryl methyl sites for hydroxylation is 1. The number of fused-ring (bicyclic) bond motifs is 15. The zero-order valence-electron chi connectivity index (χ0n) is 26.5. The lowest BCUT2D eigenvalue weighted by Crippen LogP contribution is -2.02. The van der Waals surface area contributed by atoms with E-state index in [4.69, 9.17) is 9.97 Å². The monoisotopic (exact) mass is 613 g/mol. The Bertz CT molecular complexity index is 2700. The highest BCUT2D eigenvalue weighted by Crippen LogP contribution is 2.62. The molecule has 7 aromatic rings. The van der Waals surface area contributed by atoms with Crippen LogP contribution in [0.15, 0.2) is 127 Å². The Balaban J connectivity index is 1.11. The Kier molecular flexibility index (Phi) is 4.83. The third-order valence-corrected chi connectivity index (χ3v) is 11.8. The first kappa shape index (κ1) is 25.5. The second-order valence-electron chi connectivity index (χ2n) is 14.2. The average Bonchev–Trinajstić information content (AvgIpc) is 3.62. The van der Waals surface area contributed by atoms with Crippen LogP contribution in [0.5, 0.6) is 0 Å². The summed E-state index contributed by atoms with van der Waals surface area (Å²) in [6.45, 7) is 0. The molecule has 0 bridgehead atoms. The van der Waals surface area contributed by atoms with Crippen molar-refractivity contribution < 1.29 is 0 Å². The highest BCUT2D eigenvalue weighted by atomic mass is 15.0. The van der Waals surface area contributed by atoms with Gasteiger partial charge in [0.15, 0.2) is 5.82 Å². The largest absolute Gasteiger partial charge is 0.309 e. The second kappa shape index (κ2) is 9.08. The van der Waals surface area contributed by atoms with E-state index in [1.807, 2.05) is 0 Å². The van der Waals surface area contributed by atoms with Crippen LogP contribution < -0.4 is 0 Å². The van der Waals surface area contributed by atoms with Gasteiger partial charge in [0.25, 0.3) is 0 Å². The SMILES string of the molecule is C1=CC2=C(CC1)C1c3c2cccc3-c2c1c1ccccc1c1c2c2ccccc2n1-c1ccc(-c2ncc3c(n2)C2CC2=CCC3)cc1. The maximum atomic E-state index is 5.14. The van der Waals surface area contributed by atoms with E-state index in [0.717, 1.165) is 49.2 Å². The number of aromatic nitrogens is 3. The molecule has 3 heteroatoms. The minimum absolute atomic E-state index is 0.338. The molecule has 226 valence electrons. The fourth-order valence-electron chi connectivity index (χ4n) is 9.76. The van der Waals surface area contributed by atoms with Gasteiger partial charge in [0.05, 0.1) is 16.7 Å². The van der Waals surface area contributed by atoms with Gasteiger partial charge in [-0.3, -0.25) is 0 Å².